The standard InChI is InChI=1S/C13H7Cl2N3OS/c14-7-1-2-10-11(5-7)20-13(17-10)18-12(19)8-3-4-16-6-9(8)15/h1-6H,(H,17,18,19). The third kappa shape index (κ3) is 2.60. The number of aromatic nitrogens is 2. The van der Waals surface area contributed by atoms with Crippen molar-refractivity contribution in [3.8, 4) is 0 Å². The quantitative estimate of drug-likeness (QED) is 0.767. The first-order chi connectivity index (χ1) is 9.63. The number of nitrogens with one attached hydrogen (secondary N) is 1. The molecule has 1 amide bonds. The zero-order valence-electron chi connectivity index (χ0n) is 9.93. The van der Waals surface area contributed by atoms with Crippen LogP contribution in [0.4, 0.5) is 5.13 Å². The van der Waals surface area contributed by atoms with Crippen LogP contribution in [0.15, 0.2) is 36.7 Å². The molecule has 0 fully saturated rings. The molecule has 0 bridgehead atoms. The number of anilines is 1. The molecular formula is C13H7Cl2N3OS. The van der Waals surface area contributed by atoms with Gasteiger partial charge in [-0.3, -0.25) is 15.1 Å². The lowest BCUT2D eigenvalue weighted by Gasteiger charge is -2.02. The largest absolute Gasteiger partial charge is 0.298 e. The van der Waals surface area contributed by atoms with Crippen LogP contribution in [0.5, 0.6) is 0 Å². The third-order valence-electron chi connectivity index (χ3n) is 2.59. The minimum atomic E-state index is -0.317. The van der Waals surface area contributed by atoms with Crippen LogP contribution < -0.4 is 5.32 Å². The van der Waals surface area contributed by atoms with Crippen LogP contribution in [0, 0.1) is 0 Å². The van der Waals surface area contributed by atoms with E-state index in [1.165, 1.54) is 23.7 Å². The molecule has 3 aromatic rings. The van der Waals surface area contributed by atoms with E-state index >= 15 is 0 Å². The van der Waals surface area contributed by atoms with Gasteiger partial charge in [0.2, 0.25) is 0 Å². The first-order valence-electron chi connectivity index (χ1n) is 5.60. The van der Waals surface area contributed by atoms with Gasteiger partial charge in [0.15, 0.2) is 5.13 Å². The Balaban J connectivity index is 1.89. The molecule has 0 spiro atoms. The Labute approximate surface area is 128 Å². The van der Waals surface area contributed by atoms with Crippen LogP contribution >= 0.6 is 34.5 Å². The van der Waals surface area contributed by atoms with Crippen LogP contribution in [0.25, 0.3) is 10.2 Å². The maximum Gasteiger partial charge on any atom is 0.259 e. The van der Waals surface area contributed by atoms with Gasteiger partial charge in [0.25, 0.3) is 5.91 Å². The van der Waals surface area contributed by atoms with Gasteiger partial charge in [-0.1, -0.05) is 34.5 Å². The van der Waals surface area contributed by atoms with Crippen molar-refractivity contribution in [2.75, 3.05) is 5.32 Å². The van der Waals surface area contributed by atoms with Gasteiger partial charge in [0, 0.05) is 17.4 Å². The molecule has 3 rings (SSSR count). The van der Waals surface area contributed by atoms with Crippen LogP contribution in [0.2, 0.25) is 10.0 Å². The van der Waals surface area contributed by atoms with Crippen LogP contribution in [-0.4, -0.2) is 15.9 Å². The number of carbonyl (C=O) groups excluding carboxylic acids is 1. The number of amides is 1. The van der Waals surface area contributed by atoms with E-state index in [1.54, 1.807) is 12.1 Å². The average Bonchev–Trinajstić information content (AvgIpc) is 2.80. The predicted molar refractivity (Wildman–Crippen MR) is 81.8 cm³/mol. The summed E-state index contributed by atoms with van der Waals surface area (Å²) in [5.74, 6) is -0.317. The van der Waals surface area contributed by atoms with Crippen molar-refractivity contribution in [2.45, 2.75) is 0 Å². The molecular weight excluding hydrogens is 317 g/mol. The topological polar surface area (TPSA) is 54.9 Å². The molecule has 0 atom stereocenters. The summed E-state index contributed by atoms with van der Waals surface area (Å²) in [5, 5.41) is 4.16. The summed E-state index contributed by atoms with van der Waals surface area (Å²) in [4.78, 5) is 20.3. The predicted octanol–water partition coefficient (Wildman–Crippen LogP) is 4.25. The maximum atomic E-state index is 12.1. The highest BCUT2D eigenvalue weighted by Crippen LogP contribution is 2.28. The Bertz CT molecular complexity index is 803. The number of carbonyl (C=O) groups is 1. The highest BCUT2D eigenvalue weighted by molar-refractivity contribution is 7.22. The van der Waals surface area contributed by atoms with Crippen LogP contribution in [0.1, 0.15) is 10.4 Å². The second-order valence-corrected chi connectivity index (χ2v) is 5.81. The summed E-state index contributed by atoms with van der Waals surface area (Å²) in [6.45, 7) is 0. The first kappa shape index (κ1) is 13.3. The molecule has 0 unspecified atom stereocenters. The molecule has 7 heteroatoms. The van der Waals surface area contributed by atoms with Gasteiger partial charge in [0.1, 0.15) is 0 Å². The molecule has 0 aliphatic rings. The number of rotatable bonds is 2. The van der Waals surface area contributed by atoms with Crippen molar-refractivity contribution in [1.82, 2.24) is 9.97 Å². The molecule has 2 aromatic heterocycles. The van der Waals surface area contributed by atoms with Crippen LogP contribution in [-0.2, 0) is 0 Å². The highest BCUT2D eigenvalue weighted by atomic mass is 35.5. The number of benzene rings is 1. The molecule has 0 saturated carbocycles. The van der Waals surface area contributed by atoms with Crippen molar-refractivity contribution in [3.05, 3.63) is 52.3 Å². The smallest absolute Gasteiger partial charge is 0.259 e. The van der Waals surface area contributed by atoms with Crippen molar-refractivity contribution < 1.29 is 4.79 Å². The summed E-state index contributed by atoms with van der Waals surface area (Å²) >= 11 is 13.2. The summed E-state index contributed by atoms with van der Waals surface area (Å²) in [7, 11) is 0. The molecule has 2 heterocycles. The molecule has 0 aliphatic heterocycles. The number of hydrogen-bond donors (Lipinski definition) is 1. The van der Waals surface area contributed by atoms with Gasteiger partial charge in [-0.05, 0) is 24.3 Å². The van der Waals surface area contributed by atoms with Gasteiger partial charge in [-0.25, -0.2) is 4.98 Å². The summed E-state index contributed by atoms with van der Waals surface area (Å²) < 4.78 is 0.911. The van der Waals surface area contributed by atoms with E-state index in [1.807, 2.05) is 12.1 Å². The lowest BCUT2D eigenvalue weighted by atomic mass is 10.2. The maximum absolute atomic E-state index is 12.1. The fraction of sp³-hybridized carbons (Fsp3) is 0. The van der Waals surface area contributed by atoms with E-state index < -0.39 is 0 Å². The monoisotopic (exact) mass is 323 g/mol. The second kappa shape index (κ2) is 5.36. The third-order valence-corrected chi connectivity index (χ3v) is 4.06. The number of nitrogens with zero attached hydrogens (tertiary/aromatic N) is 2. The number of fused-ring (bicyclic) bond motifs is 1. The Kier molecular flexibility index (Phi) is 3.56. The van der Waals surface area contributed by atoms with E-state index in [0.29, 0.717) is 20.7 Å². The van der Waals surface area contributed by atoms with Crippen molar-refractivity contribution in [2.24, 2.45) is 0 Å². The van der Waals surface area contributed by atoms with Gasteiger partial charge in [-0.2, -0.15) is 0 Å². The number of halogens is 2. The van der Waals surface area contributed by atoms with E-state index in [2.05, 4.69) is 15.3 Å². The second-order valence-electron chi connectivity index (χ2n) is 3.94. The summed E-state index contributed by atoms with van der Waals surface area (Å²) in [6.07, 6.45) is 2.94. The van der Waals surface area contributed by atoms with E-state index in [-0.39, 0.29) is 5.91 Å². The number of pyridine rings is 1. The lowest BCUT2D eigenvalue weighted by Crippen LogP contribution is -2.12. The molecule has 0 aliphatic carbocycles. The fourth-order valence-electron chi connectivity index (χ4n) is 1.68. The molecule has 1 N–H and O–H groups in total. The zero-order valence-corrected chi connectivity index (χ0v) is 12.3. The van der Waals surface area contributed by atoms with Crippen molar-refractivity contribution in [3.63, 3.8) is 0 Å². The summed E-state index contributed by atoms with van der Waals surface area (Å²) in [5.41, 5.74) is 1.15. The Morgan fingerprint density at radius 2 is 2.10 bits per heavy atom. The summed E-state index contributed by atoms with van der Waals surface area (Å²) in [6, 6.07) is 6.93. The van der Waals surface area contributed by atoms with E-state index in [0.717, 1.165) is 10.2 Å². The van der Waals surface area contributed by atoms with Gasteiger partial charge in [0.05, 0.1) is 20.8 Å². The van der Waals surface area contributed by atoms with E-state index in [9.17, 15) is 4.79 Å². The van der Waals surface area contributed by atoms with E-state index in [4.69, 9.17) is 23.2 Å². The molecule has 0 radical (unpaired) electrons. The fourth-order valence-corrected chi connectivity index (χ4v) is 3.02. The minimum Gasteiger partial charge on any atom is -0.298 e. The minimum absolute atomic E-state index is 0.300. The van der Waals surface area contributed by atoms with Crippen LogP contribution in [0.3, 0.4) is 0 Å². The Morgan fingerprint density at radius 1 is 1.25 bits per heavy atom. The normalized spacial score (nSPS) is 10.7. The SMILES string of the molecule is O=C(Nc1nc2ccc(Cl)cc2s1)c1ccncc1Cl. The highest BCUT2D eigenvalue weighted by Gasteiger charge is 2.12. The Hall–Kier alpha value is -1.69. The lowest BCUT2D eigenvalue weighted by molar-refractivity contribution is 0.102. The van der Waals surface area contributed by atoms with Crippen molar-refractivity contribution in [1.29, 1.82) is 0 Å². The van der Waals surface area contributed by atoms with Crippen molar-refractivity contribution >= 4 is 55.8 Å². The zero-order chi connectivity index (χ0) is 14.1. The molecule has 4 nitrogen and oxygen atoms in total. The number of hydrogen-bond acceptors (Lipinski definition) is 4. The first-order valence-corrected chi connectivity index (χ1v) is 7.18. The molecule has 1 aromatic carbocycles. The molecule has 20 heavy (non-hydrogen) atoms. The number of thiazole rings is 1. The van der Waals surface area contributed by atoms with Gasteiger partial charge in [-0.15, -0.1) is 0 Å². The molecule has 0 saturated heterocycles. The molecule has 100 valence electrons. The van der Waals surface area contributed by atoms with Gasteiger partial charge < -0.3 is 0 Å². The Morgan fingerprint density at radius 3 is 2.90 bits per heavy atom. The average molecular weight is 324 g/mol. The van der Waals surface area contributed by atoms with Gasteiger partial charge >= 0.3 is 0 Å².